The Labute approximate surface area is 159 Å². The highest BCUT2D eigenvalue weighted by Gasteiger charge is 2.15. The molecule has 0 aliphatic carbocycles. The third kappa shape index (κ3) is 2.62. The lowest BCUT2D eigenvalue weighted by atomic mass is 10.1. The van der Waals surface area contributed by atoms with Crippen molar-refractivity contribution in [3.63, 3.8) is 0 Å². The topological polar surface area (TPSA) is 114 Å². The minimum atomic E-state index is 0.467. The SMILES string of the molecule is Cc1ccc2[nH]ncc2c1Nc1nn(C)c2nc(Nc3ccn(C)n3)ncc12. The zero-order chi connectivity index (χ0) is 19.3. The van der Waals surface area contributed by atoms with Gasteiger partial charge in [0.1, 0.15) is 0 Å². The summed E-state index contributed by atoms with van der Waals surface area (Å²) < 4.78 is 3.44. The first-order valence-electron chi connectivity index (χ1n) is 8.74. The van der Waals surface area contributed by atoms with Crippen molar-refractivity contribution in [2.75, 3.05) is 10.6 Å². The molecule has 0 aliphatic rings. The fraction of sp³-hybridized carbons (Fsp3) is 0.167. The van der Waals surface area contributed by atoms with Crippen LogP contribution >= 0.6 is 0 Å². The fourth-order valence-electron chi connectivity index (χ4n) is 3.20. The molecule has 5 rings (SSSR count). The van der Waals surface area contributed by atoms with Crippen LogP contribution in [0.25, 0.3) is 21.9 Å². The molecule has 0 fully saturated rings. The lowest BCUT2D eigenvalue weighted by molar-refractivity contribution is 0.770. The van der Waals surface area contributed by atoms with Crippen molar-refractivity contribution >= 4 is 45.2 Å². The molecule has 10 nitrogen and oxygen atoms in total. The number of aryl methyl sites for hydroxylation is 3. The maximum atomic E-state index is 4.59. The predicted octanol–water partition coefficient (Wildman–Crippen LogP) is 2.77. The van der Waals surface area contributed by atoms with E-state index in [1.54, 1.807) is 21.8 Å². The summed E-state index contributed by atoms with van der Waals surface area (Å²) >= 11 is 0. The molecule has 0 atom stereocenters. The number of aromatic amines is 1. The molecular weight excluding hydrogens is 356 g/mol. The summed E-state index contributed by atoms with van der Waals surface area (Å²) in [6.07, 6.45) is 5.42. The molecule has 3 N–H and O–H groups in total. The molecule has 1 aromatic carbocycles. The van der Waals surface area contributed by atoms with Crippen molar-refractivity contribution in [2.45, 2.75) is 6.92 Å². The number of fused-ring (bicyclic) bond motifs is 2. The van der Waals surface area contributed by atoms with Crippen LogP contribution in [-0.4, -0.2) is 39.7 Å². The van der Waals surface area contributed by atoms with E-state index in [-0.39, 0.29) is 0 Å². The molecule has 0 aliphatic heterocycles. The number of nitrogens with zero attached hydrogens (tertiary/aromatic N) is 7. The Bertz CT molecular complexity index is 1310. The maximum Gasteiger partial charge on any atom is 0.230 e. The number of benzene rings is 1. The Morgan fingerprint density at radius 1 is 1.00 bits per heavy atom. The van der Waals surface area contributed by atoms with Crippen LogP contribution in [0.4, 0.5) is 23.3 Å². The molecule has 4 heterocycles. The van der Waals surface area contributed by atoms with E-state index in [0.717, 1.165) is 27.5 Å². The third-order valence-electron chi connectivity index (χ3n) is 4.61. The van der Waals surface area contributed by atoms with Crippen molar-refractivity contribution in [1.29, 1.82) is 0 Å². The van der Waals surface area contributed by atoms with Gasteiger partial charge in [0.15, 0.2) is 17.3 Å². The van der Waals surface area contributed by atoms with Crippen molar-refractivity contribution < 1.29 is 0 Å². The Morgan fingerprint density at radius 3 is 2.71 bits per heavy atom. The highest BCUT2D eigenvalue weighted by atomic mass is 15.3. The van der Waals surface area contributed by atoms with E-state index in [2.05, 4.69) is 41.0 Å². The van der Waals surface area contributed by atoms with Crippen molar-refractivity contribution in [3.05, 3.63) is 42.4 Å². The molecule has 0 saturated carbocycles. The summed E-state index contributed by atoms with van der Waals surface area (Å²) in [5.74, 6) is 1.84. The molecule has 140 valence electrons. The first-order chi connectivity index (χ1) is 13.6. The molecule has 5 aromatic rings. The third-order valence-corrected chi connectivity index (χ3v) is 4.61. The summed E-state index contributed by atoms with van der Waals surface area (Å²) in [4.78, 5) is 9.01. The molecule has 4 aromatic heterocycles. The number of H-pyrrole nitrogens is 1. The minimum Gasteiger partial charge on any atom is -0.337 e. The van der Waals surface area contributed by atoms with E-state index >= 15 is 0 Å². The largest absolute Gasteiger partial charge is 0.337 e. The summed E-state index contributed by atoms with van der Waals surface area (Å²) in [5, 5.41) is 24.4. The molecular formula is C18H18N10. The van der Waals surface area contributed by atoms with Gasteiger partial charge in [0.2, 0.25) is 5.95 Å². The van der Waals surface area contributed by atoms with Crippen LogP contribution in [0, 0.1) is 6.92 Å². The molecule has 10 heteroatoms. The predicted molar refractivity (Wildman–Crippen MR) is 107 cm³/mol. The average Bonchev–Trinajstić information content (AvgIpc) is 3.38. The highest BCUT2D eigenvalue weighted by Crippen LogP contribution is 2.31. The molecule has 0 radical (unpaired) electrons. The van der Waals surface area contributed by atoms with Gasteiger partial charge in [-0.3, -0.25) is 9.78 Å². The first-order valence-corrected chi connectivity index (χ1v) is 8.74. The van der Waals surface area contributed by atoms with Crippen LogP contribution in [-0.2, 0) is 14.1 Å². The van der Waals surface area contributed by atoms with E-state index in [9.17, 15) is 0 Å². The molecule has 0 saturated heterocycles. The van der Waals surface area contributed by atoms with Gasteiger partial charge >= 0.3 is 0 Å². The lowest BCUT2D eigenvalue weighted by Gasteiger charge is -2.08. The van der Waals surface area contributed by atoms with Gasteiger partial charge in [-0.05, 0) is 18.6 Å². The Hall–Kier alpha value is -3.95. The summed E-state index contributed by atoms with van der Waals surface area (Å²) in [6.45, 7) is 2.05. The van der Waals surface area contributed by atoms with Crippen LogP contribution in [0.2, 0.25) is 0 Å². The Kier molecular flexibility index (Phi) is 3.51. The number of aromatic nitrogens is 8. The quantitative estimate of drug-likeness (QED) is 0.443. The second-order valence-electron chi connectivity index (χ2n) is 6.62. The Balaban J connectivity index is 1.53. The van der Waals surface area contributed by atoms with Gasteiger partial charge in [-0.2, -0.15) is 20.3 Å². The van der Waals surface area contributed by atoms with Gasteiger partial charge in [0.05, 0.1) is 22.8 Å². The van der Waals surface area contributed by atoms with E-state index < -0.39 is 0 Å². The molecule has 0 spiro atoms. The highest BCUT2D eigenvalue weighted by molar-refractivity contribution is 5.98. The van der Waals surface area contributed by atoms with E-state index in [1.807, 2.05) is 45.4 Å². The van der Waals surface area contributed by atoms with Gasteiger partial charge in [0, 0.05) is 37.9 Å². The van der Waals surface area contributed by atoms with Crippen LogP contribution in [0.5, 0.6) is 0 Å². The maximum absolute atomic E-state index is 4.59. The second-order valence-corrected chi connectivity index (χ2v) is 6.62. The number of rotatable bonds is 4. The van der Waals surface area contributed by atoms with Gasteiger partial charge in [-0.15, -0.1) is 0 Å². The molecule has 28 heavy (non-hydrogen) atoms. The summed E-state index contributed by atoms with van der Waals surface area (Å²) in [5.41, 5.74) is 3.74. The summed E-state index contributed by atoms with van der Waals surface area (Å²) in [7, 11) is 3.72. The number of hydrogen-bond donors (Lipinski definition) is 3. The van der Waals surface area contributed by atoms with Gasteiger partial charge < -0.3 is 10.6 Å². The van der Waals surface area contributed by atoms with Gasteiger partial charge in [-0.25, -0.2) is 9.67 Å². The van der Waals surface area contributed by atoms with Crippen LogP contribution in [0.15, 0.2) is 36.8 Å². The van der Waals surface area contributed by atoms with Crippen molar-refractivity contribution in [1.82, 2.24) is 39.7 Å². The first kappa shape index (κ1) is 16.2. The monoisotopic (exact) mass is 374 g/mol. The van der Waals surface area contributed by atoms with Crippen LogP contribution in [0.1, 0.15) is 5.56 Å². The molecule has 0 unspecified atom stereocenters. The normalized spacial score (nSPS) is 11.4. The average molecular weight is 374 g/mol. The fourth-order valence-corrected chi connectivity index (χ4v) is 3.20. The van der Waals surface area contributed by atoms with E-state index in [0.29, 0.717) is 23.2 Å². The lowest BCUT2D eigenvalue weighted by Crippen LogP contribution is -2.00. The zero-order valence-corrected chi connectivity index (χ0v) is 15.6. The molecule has 0 amide bonds. The Morgan fingerprint density at radius 2 is 1.89 bits per heavy atom. The van der Waals surface area contributed by atoms with Crippen molar-refractivity contribution in [2.24, 2.45) is 14.1 Å². The van der Waals surface area contributed by atoms with Gasteiger partial charge in [-0.1, -0.05) is 6.07 Å². The van der Waals surface area contributed by atoms with Gasteiger partial charge in [0.25, 0.3) is 0 Å². The second kappa shape index (κ2) is 6.05. The van der Waals surface area contributed by atoms with Crippen LogP contribution in [0.3, 0.4) is 0 Å². The number of anilines is 4. The minimum absolute atomic E-state index is 0.467. The zero-order valence-electron chi connectivity index (χ0n) is 15.6. The van der Waals surface area contributed by atoms with Crippen LogP contribution < -0.4 is 10.6 Å². The number of hydrogen-bond acceptors (Lipinski definition) is 7. The standard InChI is InChI=1S/C18H18N10/c1-10-4-5-13-11(9-20-24-13)15(10)22-16-12-8-19-18(23-17(12)28(3)26-16)21-14-6-7-27(2)25-14/h4-9H,1-3H3,(H,20,24)(H,22,26)(H,19,21,23,25). The molecule has 0 bridgehead atoms. The van der Waals surface area contributed by atoms with E-state index in [4.69, 9.17) is 0 Å². The van der Waals surface area contributed by atoms with Crippen molar-refractivity contribution in [3.8, 4) is 0 Å². The summed E-state index contributed by atoms with van der Waals surface area (Å²) in [6, 6.07) is 5.91. The number of nitrogens with one attached hydrogen (secondary N) is 3. The van der Waals surface area contributed by atoms with E-state index in [1.165, 1.54) is 0 Å². The smallest absolute Gasteiger partial charge is 0.230 e.